The summed E-state index contributed by atoms with van der Waals surface area (Å²) in [6.07, 6.45) is 5.82. The van der Waals surface area contributed by atoms with Crippen LogP contribution in [0.15, 0.2) is 36.5 Å². The molecule has 2 aromatic rings. The average Bonchev–Trinajstić information content (AvgIpc) is 2.68. The number of hydrogen-bond acceptors (Lipinski definition) is 2. The topological polar surface area (TPSA) is 42.0 Å². The van der Waals surface area contributed by atoms with E-state index < -0.39 is 0 Å². The molecule has 0 saturated carbocycles. The first-order chi connectivity index (χ1) is 10.6. The maximum atomic E-state index is 12.5. The molecule has 1 amide bonds. The summed E-state index contributed by atoms with van der Waals surface area (Å²) in [7, 11) is 0. The molecule has 0 bridgehead atoms. The van der Waals surface area contributed by atoms with Crippen molar-refractivity contribution in [2.45, 2.75) is 45.6 Å². The number of nitrogens with one attached hydrogen (secondary N) is 1. The maximum absolute atomic E-state index is 12.5. The first-order valence-electron chi connectivity index (χ1n) is 7.94. The van der Waals surface area contributed by atoms with E-state index in [1.54, 1.807) is 0 Å². The van der Waals surface area contributed by atoms with Gasteiger partial charge >= 0.3 is 0 Å². The van der Waals surface area contributed by atoms with Crippen LogP contribution < -0.4 is 5.32 Å². The zero-order valence-electron chi connectivity index (χ0n) is 13.2. The van der Waals surface area contributed by atoms with Crippen LogP contribution in [0.5, 0.6) is 0 Å². The minimum absolute atomic E-state index is 0.0295. The maximum Gasteiger partial charge on any atom is 0.251 e. The number of rotatable bonds is 2. The van der Waals surface area contributed by atoms with E-state index in [2.05, 4.69) is 22.4 Å². The Bertz CT molecular complexity index is 694. The van der Waals surface area contributed by atoms with Gasteiger partial charge in [0, 0.05) is 29.9 Å². The molecule has 1 aliphatic rings. The number of aromatic nitrogens is 1. The molecule has 114 valence electrons. The molecule has 1 unspecified atom stereocenters. The standard InChI is InChI=1S/C19H22N2O/c1-13-8-9-17(14(2)11-13)19(22)21-16-7-3-5-15-6-4-10-20-18(15)12-16/h4,6,8-11,16H,3,5,7,12H2,1-2H3,(H,21,22). The zero-order valence-corrected chi connectivity index (χ0v) is 13.2. The normalized spacial score (nSPS) is 17.5. The van der Waals surface area contributed by atoms with E-state index in [1.807, 2.05) is 38.2 Å². The van der Waals surface area contributed by atoms with Gasteiger partial charge in [-0.1, -0.05) is 23.8 Å². The van der Waals surface area contributed by atoms with Crippen molar-refractivity contribution in [3.8, 4) is 0 Å². The van der Waals surface area contributed by atoms with E-state index in [-0.39, 0.29) is 11.9 Å². The second kappa shape index (κ2) is 6.30. The van der Waals surface area contributed by atoms with Crippen molar-refractivity contribution in [3.05, 3.63) is 64.5 Å². The Labute approximate surface area is 131 Å². The highest BCUT2D eigenvalue weighted by atomic mass is 16.1. The highest BCUT2D eigenvalue weighted by molar-refractivity contribution is 5.95. The van der Waals surface area contributed by atoms with E-state index >= 15 is 0 Å². The molecule has 0 radical (unpaired) electrons. The largest absolute Gasteiger partial charge is 0.349 e. The Morgan fingerprint density at radius 2 is 2.14 bits per heavy atom. The van der Waals surface area contributed by atoms with Crippen LogP contribution in [-0.2, 0) is 12.8 Å². The van der Waals surface area contributed by atoms with Crippen molar-refractivity contribution in [2.75, 3.05) is 0 Å². The SMILES string of the molecule is Cc1ccc(C(=O)NC2CCCc3cccnc3C2)c(C)c1. The van der Waals surface area contributed by atoms with Crippen LogP contribution in [0.4, 0.5) is 0 Å². The Kier molecular flexibility index (Phi) is 4.23. The number of aryl methyl sites for hydroxylation is 3. The van der Waals surface area contributed by atoms with E-state index in [0.717, 1.165) is 42.5 Å². The summed E-state index contributed by atoms with van der Waals surface area (Å²) in [6.45, 7) is 4.04. The number of carbonyl (C=O) groups is 1. The van der Waals surface area contributed by atoms with Crippen molar-refractivity contribution >= 4 is 5.91 Å². The highest BCUT2D eigenvalue weighted by Crippen LogP contribution is 2.19. The molecule has 3 nitrogen and oxygen atoms in total. The minimum atomic E-state index is 0.0295. The molecule has 22 heavy (non-hydrogen) atoms. The predicted molar refractivity (Wildman–Crippen MR) is 88.0 cm³/mol. The number of carbonyl (C=O) groups excluding carboxylic acids is 1. The van der Waals surface area contributed by atoms with E-state index in [0.29, 0.717) is 0 Å². The van der Waals surface area contributed by atoms with Crippen LogP contribution >= 0.6 is 0 Å². The Hall–Kier alpha value is -2.16. The molecule has 1 N–H and O–H groups in total. The van der Waals surface area contributed by atoms with Crippen molar-refractivity contribution in [3.63, 3.8) is 0 Å². The fourth-order valence-electron chi connectivity index (χ4n) is 3.21. The molecule has 1 heterocycles. The molecular weight excluding hydrogens is 272 g/mol. The van der Waals surface area contributed by atoms with Crippen LogP contribution in [0.1, 0.15) is 45.6 Å². The molecule has 3 heteroatoms. The fraction of sp³-hybridized carbons (Fsp3) is 0.368. The van der Waals surface area contributed by atoms with Crippen molar-refractivity contribution in [1.82, 2.24) is 10.3 Å². The summed E-state index contributed by atoms with van der Waals surface area (Å²) >= 11 is 0. The number of fused-ring (bicyclic) bond motifs is 1. The second-order valence-corrected chi connectivity index (χ2v) is 6.19. The summed E-state index contributed by atoms with van der Waals surface area (Å²) in [5, 5.41) is 3.20. The third kappa shape index (κ3) is 3.19. The first kappa shape index (κ1) is 14.8. The molecule has 1 aromatic heterocycles. The molecule has 1 aromatic carbocycles. The molecule has 0 aliphatic heterocycles. The van der Waals surface area contributed by atoms with Gasteiger partial charge < -0.3 is 5.32 Å². The monoisotopic (exact) mass is 294 g/mol. The van der Waals surface area contributed by atoms with Gasteiger partial charge in [-0.2, -0.15) is 0 Å². The van der Waals surface area contributed by atoms with Crippen LogP contribution in [-0.4, -0.2) is 16.9 Å². The fourth-order valence-corrected chi connectivity index (χ4v) is 3.21. The number of amides is 1. The Morgan fingerprint density at radius 1 is 1.27 bits per heavy atom. The van der Waals surface area contributed by atoms with Gasteiger partial charge in [-0.15, -0.1) is 0 Å². The van der Waals surface area contributed by atoms with Gasteiger partial charge in [0.25, 0.3) is 5.91 Å². The van der Waals surface area contributed by atoms with Gasteiger partial charge in [-0.3, -0.25) is 9.78 Å². The summed E-state index contributed by atoms with van der Waals surface area (Å²) in [4.78, 5) is 17.0. The molecular formula is C19H22N2O. The van der Waals surface area contributed by atoms with Crippen LogP contribution in [0, 0.1) is 13.8 Å². The van der Waals surface area contributed by atoms with Gasteiger partial charge in [0.1, 0.15) is 0 Å². The second-order valence-electron chi connectivity index (χ2n) is 6.19. The van der Waals surface area contributed by atoms with Gasteiger partial charge in [-0.05, 0) is 56.4 Å². The third-order valence-corrected chi connectivity index (χ3v) is 4.38. The van der Waals surface area contributed by atoms with Crippen molar-refractivity contribution in [1.29, 1.82) is 0 Å². The van der Waals surface area contributed by atoms with Crippen LogP contribution in [0.25, 0.3) is 0 Å². The van der Waals surface area contributed by atoms with Gasteiger partial charge in [-0.25, -0.2) is 0 Å². The lowest BCUT2D eigenvalue weighted by Crippen LogP contribution is -2.36. The van der Waals surface area contributed by atoms with Crippen molar-refractivity contribution < 1.29 is 4.79 Å². The molecule has 1 aliphatic carbocycles. The molecule has 1 atom stereocenters. The van der Waals surface area contributed by atoms with E-state index in [4.69, 9.17) is 0 Å². The third-order valence-electron chi connectivity index (χ3n) is 4.38. The van der Waals surface area contributed by atoms with Gasteiger partial charge in [0.2, 0.25) is 0 Å². The van der Waals surface area contributed by atoms with Crippen molar-refractivity contribution in [2.24, 2.45) is 0 Å². The summed E-state index contributed by atoms with van der Waals surface area (Å²) in [5.41, 5.74) is 5.44. The number of nitrogens with zero attached hydrogens (tertiary/aromatic N) is 1. The molecule has 0 saturated heterocycles. The number of pyridine rings is 1. The average molecular weight is 294 g/mol. The quantitative estimate of drug-likeness (QED) is 0.863. The lowest BCUT2D eigenvalue weighted by atomic mass is 10.0. The lowest BCUT2D eigenvalue weighted by Gasteiger charge is -2.17. The van der Waals surface area contributed by atoms with E-state index in [9.17, 15) is 4.79 Å². The first-order valence-corrected chi connectivity index (χ1v) is 7.94. The smallest absolute Gasteiger partial charge is 0.251 e. The van der Waals surface area contributed by atoms with Crippen LogP contribution in [0.2, 0.25) is 0 Å². The summed E-state index contributed by atoms with van der Waals surface area (Å²) < 4.78 is 0. The summed E-state index contributed by atoms with van der Waals surface area (Å²) in [5.74, 6) is 0.0295. The number of hydrogen-bond donors (Lipinski definition) is 1. The van der Waals surface area contributed by atoms with Gasteiger partial charge in [0.05, 0.1) is 0 Å². The molecule has 3 rings (SSSR count). The highest BCUT2D eigenvalue weighted by Gasteiger charge is 2.20. The predicted octanol–water partition coefficient (Wildman–Crippen LogP) is 3.38. The van der Waals surface area contributed by atoms with E-state index in [1.165, 1.54) is 11.1 Å². The minimum Gasteiger partial charge on any atom is -0.349 e. The summed E-state index contributed by atoms with van der Waals surface area (Å²) in [6, 6.07) is 10.3. The lowest BCUT2D eigenvalue weighted by molar-refractivity contribution is 0.0934. The molecule has 0 spiro atoms. The Balaban J connectivity index is 1.74. The number of benzene rings is 1. The van der Waals surface area contributed by atoms with Gasteiger partial charge in [0.15, 0.2) is 0 Å². The zero-order chi connectivity index (χ0) is 15.5. The van der Waals surface area contributed by atoms with Crippen LogP contribution in [0.3, 0.4) is 0 Å². The Morgan fingerprint density at radius 3 is 2.95 bits per heavy atom. The molecule has 0 fully saturated rings.